The molecule has 0 bridgehead atoms. The second kappa shape index (κ2) is 7.23. The number of aromatic nitrogens is 2. The van der Waals surface area contributed by atoms with Crippen molar-refractivity contribution in [2.24, 2.45) is 0 Å². The molecule has 140 valence electrons. The van der Waals surface area contributed by atoms with E-state index in [1.54, 1.807) is 11.3 Å². The van der Waals surface area contributed by atoms with Crippen molar-refractivity contribution >= 4 is 17.2 Å². The lowest BCUT2D eigenvalue weighted by Gasteiger charge is -2.10. The fourth-order valence-corrected chi connectivity index (χ4v) is 4.06. The molecule has 0 saturated heterocycles. The Balaban J connectivity index is 1.70. The van der Waals surface area contributed by atoms with Gasteiger partial charge in [0.25, 0.3) is 12.3 Å². The van der Waals surface area contributed by atoms with Crippen LogP contribution in [0.2, 0.25) is 0 Å². The monoisotopic (exact) mass is 387 g/mol. The number of halogens is 2. The Morgan fingerprint density at radius 2 is 2.15 bits per heavy atom. The number of alkyl halides is 2. The second-order valence-corrected chi connectivity index (χ2v) is 7.74. The lowest BCUT2D eigenvalue weighted by atomic mass is 9.99. The molecule has 0 unspecified atom stereocenters. The van der Waals surface area contributed by atoms with Crippen LogP contribution < -0.4 is 5.32 Å². The maximum absolute atomic E-state index is 13.4. The molecular weight excluding hydrogens is 368 g/mol. The van der Waals surface area contributed by atoms with E-state index in [1.165, 1.54) is 5.56 Å². The van der Waals surface area contributed by atoms with Crippen molar-refractivity contribution in [1.82, 2.24) is 15.5 Å². The summed E-state index contributed by atoms with van der Waals surface area (Å²) >= 11 is 1.64. The van der Waals surface area contributed by atoms with E-state index < -0.39 is 18.0 Å². The Kier molecular flexibility index (Phi) is 4.78. The zero-order chi connectivity index (χ0) is 19.0. The number of hydrogen-bond donors (Lipinski definition) is 2. The number of nitrogens with one attached hydrogen (secondary N) is 2. The molecule has 0 aliphatic heterocycles. The van der Waals surface area contributed by atoms with E-state index >= 15 is 0 Å². The largest absolute Gasteiger partial charge is 0.349 e. The topological polar surface area (TPSA) is 57.8 Å². The Morgan fingerprint density at radius 3 is 2.81 bits per heavy atom. The SMILES string of the molecule is Cc1csc(-c2ccccc2Cc2[nH]nc(C(F)F)c2C(=O)NC2CC2)c1. The predicted octanol–water partition coefficient (Wildman–Crippen LogP) is 4.87. The van der Waals surface area contributed by atoms with E-state index in [1.807, 2.05) is 31.2 Å². The number of aromatic amines is 1. The summed E-state index contributed by atoms with van der Waals surface area (Å²) in [6.45, 7) is 2.03. The zero-order valence-electron chi connectivity index (χ0n) is 14.8. The minimum absolute atomic E-state index is 0.0194. The molecule has 1 aliphatic rings. The van der Waals surface area contributed by atoms with Crippen molar-refractivity contribution in [1.29, 1.82) is 0 Å². The van der Waals surface area contributed by atoms with Crippen molar-refractivity contribution in [3.63, 3.8) is 0 Å². The quantitative estimate of drug-likeness (QED) is 0.634. The fourth-order valence-electron chi connectivity index (χ4n) is 3.10. The molecule has 3 aromatic rings. The first-order valence-corrected chi connectivity index (χ1v) is 9.70. The van der Waals surface area contributed by atoms with Gasteiger partial charge in [-0.15, -0.1) is 11.3 Å². The van der Waals surface area contributed by atoms with Gasteiger partial charge < -0.3 is 5.32 Å². The number of benzene rings is 1. The highest BCUT2D eigenvalue weighted by Crippen LogP contribution is 2.32. The Hall–Kier alpha value is -2.54. The number of carbonyl (C=O) groups excluding carboxylic acids is 1. The summed E-state index contributed by atoms with van der Waals surface area (Å²) in [5.41, 5.74) is 3.10. The van der Waals surface area contributed by atoms with Gasteiger partial charge in [-0.05, 0) is 47.9 Å². The molecule has 1 aromatic carbocycles. The average molecular weight is 387 g/mol. The molecule has 0 spiro atoms. The molecule has 27 heavy (non-hydrogen) atoms. The van der Waals surface area contributed by atoms with Crippen LogP contribution in [-0.4, -0.2) is 22.1 Å². The lowest BCUT2D eigenvalue weighted by molar-refractivity contribution is 0.0935. The lowest BCUT2D eigenvalue weighted by Crippen LogP contribution is -2.27. The number of rotatable bonds is 6. The Morgan fingerprint density at radius 1 is 1.37 bits per heavy atom. The summed E-state index contributed by atoms with van der Waals surface area (Å²) in [5.74, 6) is -0.471. The Labute approximate surface area is 159 Å². The van der Waals surface area contributed by atoms with Crippen LogP contribution >= 0.6 is 11.3 Å². The molecule has 0 radical (unpaired) electrons. The first-order valence-electron chi connectivity index (χ1n) is 8.82. The summed E-state index contributed by atoms with van der Waals surface area (Å²) < 4.78 is 26.8. The zero-order valence-corrected chi connectivity index (χ0v) is 15.6. The van der Waals surface area contributed by atoms with Gasteiger partial charge in [-0.1, -0.05) is 24.3 Å². The number of nitrogens with zero attached hydrogens (tertiary/aromatic N) is 1. The predicted molar refractivity (Wildman–Crippen MR) is 101 cm³/mol. The molecule has 1 amide bonds. The van der Waals surface area contributed by atoms with Gasteiger partial charge in [0.1, 0.15) is 5.69 Å². The summed E-state index contributed by atoms with van der Waals surface area (Å²) in [6, 6.07) is 10.0. The number of thiophene rings is 1. The van der Waals surface area contributed by atoms with E-state index in [4.69, 9.17) is 0 Å². The third-order valence-corrected chi connectivity index (χ3v) is 5.68. The first kappa shape index (κ1) is 17.9. The van der Waals surface area contributed by atoms with Crippen molar-refractivity contribution in [2.75, 3.05) is 0 Å². The number of aryl methyl sites for hydroxylation is 1. The molecule has 1 aliphatic carbocycles. The van der Waals surface area contributed by atoms with Gasteiger partial charge in [0.05, 0.1) is 11.3 Å². The summed E-state index contributed by atoms with van der Waals surface area (Å²) in [4.78, 5) is 13.7. The minimum Gasteiger partial charge on any atom is -0.349 e. The van der Waals surface area contributed by atoms with Gasteiger partial charge in [-0.2, -0.15) is 5.10 Å². The van der Waals surface area contributed by atoms with E-state index in [2.05, 4.69) is 27.0 Å². The van der Waals surface area contributed by atoms with Crippen molar-refractivity contribution in [3.8, 4) is 10.4 Å². The molecule has 2 N–H and O–H groups in total. The van der Waals surface area contributed by atoms with Crippen LogP contribution in [0.5, 0.6) is 0 Å². The smallest absolute Gasteiger partial charge is 0.282 e. The summed E-state index contributed by atoms with van der Waals surface area (Å²) in [7, 11) is 0. The fraction of sp³-hybridized carbons (Fsp3) is 0.300. The molecule has 2 heterocycles. The Bertz CT molecular complexity index is 975. The minimum atomic E-state index is -2.80. The summed E-state index contributed by atoms with van der Waals surface area (Å²) in [6.07, 6.45) is -0.682. The van der Waals surface area contributed by atoms with E-state index in [0.717, 1.165) is 28.8 Å². The van der Waals surface area contributed by atoms with Gasteiger partial charge in [-0.25, -0.2) is 8.78 Å². The van der Waals surface area contributed by atoms with Crippen LogP contribution in [0.1, 0.15) is 52.1 Å². The summed E-state index contributed by atoms with van der Waals surface area (Å²) in [5, 5.41) is 11.3. The third kappa shape index (κ3) is 3.78. The van der Waals surface area contributed by atoms with Gasteiger partial charge in [-0.3, -0.25) is 9.89 Å². The average Bonchev–Trinajstić information content (AvgIpc) is 3.17. The highest BCUT2D eigenvalue weighted by atomic mass is 32.1. The van der Waals surface area contributed by atoms with Crippen molar-refractivity contribution in [2.45, 2.75) is 38.7 Å². The van der Waals surface area contributed by atoms with Gasteiger partial charge >= 0.3 is 0 Å². The second-order valence-electron chi connectivity index (χ2n) is 6.83. The maximum Gasteiger partial charge on any atom is 0.282 e. The third-order valence-electron chi connectivity index (χ3n) is 4.60. The molecule has 1 fully saturated rings. The van der Waals surface area contributed by atoms with E-state index in [0.29, 0.717) is 12.1 Å². The van der Waals surface area contributed by atoms with Crippen molar-refractivity contribution < 1.29 is 13.6 Å². The number of hydrogen-bond acceptors (Lipinski definition) is 3. The maximum atomic E-state index is 13.4. The standard InChI is InChI=1S/C20H19F2N3OS/c1-11-8-16(27-10-11)14-5-3-2-4-12(14)9-15-17(18(19(21)22)25-24-15)20(26)23-13-6-7-13/h2-5,8,10,13,19H,6-7,9H2,1H3,(H,23,26)(H,24,25). The molecule has 0 atom stereocenters. The molecule has 4 nitrogen and oxygen atoms in total. The molecule has 2 aromatic heterocycles. The molecular formula is C20H19F2N3OS. The van der Waals surface area contributed by atoms with Crippen LogP contribution in [0.4, 0.5) is 8.78 Å². The highest BCUT2D eigenvalue weighted by molar-refractivity contribution is 7.13. The number of carbonyl (C=O) groups is 1. The van der Waals surface area contributed by atoms with Crippen LogP contribution in [0.25, 0.3) is 10.4 Å². The first-order chi connectivity index (χ1) is 13.0. The van der Waals surface area contributed by atoms with Crippen LogP contribution in [0.15, 0.2) is 35.7 Å². The van der Waals surface area contributed by atoms with Gasteiger partial charge in [0.15, 0.2) is 0 Å². The van der Waals surface area contributed by atoms with Crippen LogP contribution in [-0.2, 0) is 6.42 Å². The van der Waals surface area contributed by atoms with Crippen LogP contribution in [0.3, 0.4) is 0 Å². The van der Waals surface area contributed by atoms with Gasteiger partial charge in [0, 0.05) is 17.3 Å². The highest BCUT2D eigenvalue weighted by Gasteiger charge is 2.30. The van der Waals surface area contributed by atoms with Crippen LogP contribution in [0, 0.1) is 6.92 Å². The molecule has 4 rings (SSSR count). The van der Waals surface area contributed by atoms with Gasteiger partial charge in [0.2, 0.25) is 0 Å². The molecule has 1 saturated carbocycles. The van der Waals surface area contributed by atoms with E-state index in [9.17, 15) is 13.6 Å². The van der Waals surface area contributed by atoms with E-state index in [-0.39, 0.29) is 11.6 Å². The molecule has 7 heteroatoms. The number of amides is 1. The van der Waals surface area contributed by atoms with Crippen molar-refractivity contribution in [3.05, 3.63) is 63.8 Å². The number of H-pyrrole nitrogens is 1. The normalized spacial score (nSPS) is 13.9.